The predicted molar refractivity (Wildman–Crippen MR) is 72.7 cm³/mol. The molecule has 0 atom stereocenters. The quantitative estimate of drug-likeness (QED) is 0.628. The first kappa shape index (κ1) is 16.1. The van der Waals surface area contributed by atoms with Crippen molar-refractivity contribution < 1.29 is 27.4 Å². The Bertz CT molecular complexity index is 704. The third kappa shape index (κ3) is 3.67. The fourth-order valence-corrected chi connectivity index (χ4v) is 2.01. The van der Waals surface area contributed by atoms with Crippen molar-refractivity contribution in [2.75, 3.05) is 7.11 Å². The molecule has 1 aromatic carbocycles. The minimum absolute atomic E-state index is 0.0505. The van der Waals surface area contributed by atoms with Gasteiger partial charge in [0.15, 0.2) is 0 Å². The number of alkyl halides is 3. The molecule has 116 valence electrons. The van der Waals surface area contributed by atoms with Gasteiger partial charge in [0.2, 0.25) is 0 Å². The highest BCUT2D eigenvalue weighted by Gasteiger charge is 2.32. The Morgan fingerprint density at radius 1 is 1.14 bits per heavy atom. The van der Waals surface area contributed by atoms with E-state index in [1.807, 2.05) is 0 Å². The Labute approximate surface area is 128 Å². The van der Waals surface area contributed by atoms with Crippen LogP contribution in [0.25, 0.3) is 11.1 Å². The Balaban J connectivity index is 2.47. The molecule has 0 aliphatic heterocycles. The summed E-state index contributed by atoms with van der Waals surface area (Å²) in [6.45, 7) is 0. The number of para-hydroxylation sites is 1. The number of pyridine rings is 1. The van der Waals surface area contributed by atoms with Gasteiger partial charge in [-0.2, -0.15) is 0 Å². The minimum atomic E-state index is -4.83. The molecule has 0 saturated heterocycles. The molecular weight excluding hydrogens is 323 g/mol. The molecule has 0 radical (unpaired) electrons. The third-order valence-electron chi connectivity index (χ3n) is 2.65. The largest absolute Gasteiger partial charge is 0.573 e. The first-order valence-electron chi connectivity index (χ1n) is 5.92. The monoisotopic (exact) mass is 331 g/mol. The maximum atomic E-state index is 12.4. The molecule has 0 bridgehead atoms. The molecule has 8 heteroatoms. The molecule has 0 fully saturated rings. The summed E-state index contributed by atoms with van der Waals surface area (Å²) in [7, 11) is 1.18. The van der Waals surface area contributed by atoms with Crippen LogP contribution in [0.15, 0.2) is 36.4 Å². The van der Waals surface area contributed by atoms with Crippen LogP contribution in [0.3, 0.4) is 0 Å². The van der Waals surface area contributed by atoms with Gasteiger partial charge >= 0.3 is 12.3 Å². The van der Waals surface area contributed by atoms with Crippen molar-refractivity contribution >= 4 is 17.6 Å². The van der Waals surface area contributed by atoms with Crippen molar-refractivity contribution in [3.05, 3.63) is 47.2 Å². The van der Waals surface area contributed by atoms with E-state index >= 15 is 0 Å². The molecule has 22 heavy (non-hydrogen) atoms. The number of nitrogens with zero attached hydrogens (tertiary/aromatic N) is 1. The van der Waals surface area contributed by atoms with Crippen molar-refractivity contribution in [2.45, 2.75) is 6.36 Å². The summed E-state index contributed by atoms with van der Waals surface area (Å²) >= 11 is 5.95. The second kappa shape index (κ2) is 6.23. The molecule has 0 aliphatic carbocycles. The number of ether oxygens (including phenoxy) is 2. The van der Waals surface area contributed by atoms with Gasteiger partial charge < -0.3 is 9.47 Å². The van der Waals surface area contributed by atoms with E-state index in [9.17, 15) is 18.0 Å². The molecule has 0 saturated carbocycles. The summed E-state index contributed by atoms with van der Waals surface area (Å²) in [5.74, 6) is -1.11. The van der Waals surface area contributed by atoms with E-state index in [0.717, 1.165) is 6.07 Å². The molecule has 0 unspecified atom stereocenters. The zero-order valence-electron chi connectivity index (χ0n) is 11.1. The number of carbonyl (C=O) groups is 1. The first-order chi connectivity index (χ1) is 10.3. The smallest absolute Gasteiger partial charge is 0.464 e. The number of rotatable bonds is 3. The van der Waals surface area contributed by atoms with Gasteiger partial charge in [-0.25, -0.2) is 9.78 Å². The Hall–Kier alpha value is -2.28. The normalized spacial score (nSPS) is 11.1. The number of hydrogen-bond acceptors (Lipinski definition) is 4. The van der Waals surface area contributed by atoms with Crippen LogP contribution in [-0.2, 0) is 4.74 Å². The number of hydrogen-bond donors (Lipinski definition) is 0. The highest BCUT2D eigenvalue weighted by molar-refractivity contribution is 6.32. The van der Waals surface area contributed by atoms with E-state index in [2.05, 4.69) is 14.5 Å². The van der Waals surface area contributed by atoms with Gasteiger partial charge in [-0.1, -0.05) is 29.8 Å². The van der Waals surface area contributed by atoms with E-state index in [0.29, 0.717) is 0 Å². The van der Waals surface area contributed by atoms with Gasteiger partial charge in [0.05, 0.1) is 7.11 Å². The number of benzene rings is 1. The summed E-state index contributed by atoms with van der Waals surface area (Å²) in [5, 5.41) is -0.138. The van der Waals surface area contributed by atoms with Crippen LogP contribution in [0.2, 0.25) is 5.15 Å². The topological polar surface area (TPSA) is 48.4 Å². The number of aromatic nitrogens is 1. The van der Waals surface area contributed by atoms with E-state index in [1.54, 1.807) is 0 Å². The van der Waals surface area contributed by atoms with Crippen LogP contribution < -0.4 is 4.74 Å². The molecule has 1 aromatic heterocycles. The fraction of sp³-hybridized carbons (Fsp3) is 0.143. The summed E-state index contributed by atoms with van der Waals surface area (Å²) < 4.78 is 45.7. The minimum Gasteiger partial charge on any atom is -0.464 e. The summed E-state index contributed by atoms with van der Waals surface area (Å²) in [6.07, 6.45) is -4.83. The number of esters is 1. The van der Waals surface area contributed by atoms with Crippen LogP contribution in [-0.4, -0.2) is 24.4 Å². The number of halogens is 4. The highest BCUT2D eigenvalue weighted by atomic mass is 35.5. The van der Waals surface area contributed by atoms with E-state index in [4.69, 9.17) is 11.6 Å². The van der Waals surface area contributed by atoms with Gasteiger partial charge in [-0.05, 0) is 18.2 Å². The summed E-state index contributed by atoms with van der Waals surface area (Å²) in [6, 6.07) is 8.17. The molecule has 1 heterocycles. The van der Waals surface area contributed by atoms with Crippen molar-refractivity contribution in [1.82, 2.24) is 4.98 Å². The summed E-state index contributed by atoms with van der Waals surface area (Å²) in [5.41, 5.74) is 0.258. The van der Waals surface area contributed by atoms with Crippen molar-refractivity contribution in [1.29, 1.82) is 0 Å². The predicted octanol–water partition coefficient (Wildman–Crippen LogP) is 4.09. The third-order valence-corrected chi connectivity index (χ3v) is 2.93. The molecule has 0 amide bonds. The maximum absolute atomic E-state index is 12.4. The molecule has 0 spiro atoms. The van der Waals surface area contributed by atoms with E-state index in [1.165, 1.54) is 37.4 Å². The van der Waals surface area contributed by atoms with Gasteiger partial charge in [-0.3, -0.25) is 0 Å². The molecule has 2 rings (SSSR count). The van der Waals surface area contributed by atoms with Gasteiger partial charge in [0, 0.05) is 11.1 Å². The molecule has 0 aliphatic rings. The molecule has 0 N–H and O–H groups in total. The van der Waals surface area contributed by atoms with Crippen molar-refractivity contribution in [2.24, 2.45) is 0 Å². The lowest BCUT2D eigenvalue weighted by molar-refractivity contribution is -0.274. The van der Waals surface area contributed by atoms with Gasteiger partial charge in [-0.15, -0.1) is 13.2 Å². The Kier molecular flexibility index (Phi) is 4.56. The Morgan fingerprint density at radius 2 is 1.82 bits per heavy atom. The van der Waals surface area contributed by atoms with Crippen LogP contribution in [0.4, 0.5) is 13.2 Å². The second-order valence-electron chi connectivity index (χ2n) is 4.07. The zero-order valence-corrected chi connectivity index (χ0v) is 11.9. The van der Waals surface area contributed by atoms with Crippen LogP contribution >= 0.6 is 11.6 Å². The lowest BCUT2D eigenvalue weighted by Crippen LogP contribution is -2.17. The lowest BCUT2D eigenvalue weighted by Gasteiger charge is -2.14. The van der Waals surface area contributed by atoms with E-state index in [-0.39, 0.29) is 22.0 Å². The van der Waals surface area contributed by atoms with Gasteiger partial charge in [0.1, 0.15) is 16.6 Å². The number of methoxy groups -OCH3 is 1. The van der Waals surface area contributed by atoms with Crippen molar-refractivity contribution in [3.63, 3.8) is 0 Å². The first-order valence-corrected chi connectivity index (χ1v) is 6.29. The Morgan fingerprint density at radius 3 is 2.41 bits per heavy atom. The highest BCUT2D eigenvalue weighted by Crippen LogP contribution is 2.36. The average molecular weight is 332 g/mol. The molecule has 2 aromatic rings. The van der Waals surface area contributed by atoms with Crippen LogP contribution in [0.5, 0.6) is 5.75 Å². The fourth-order valence-electron chi connectivity index (χ4n) is 1.76. The summed E-state index contributed by atoms with van der Waals surface area (Å²) in [4.78, 5) is 15.2. The van der Waals surface area contributed by atoms with Gasteiger partial charge in [0.25, 0.3) is 0 Å². The SMILES string of the molecule is COC(=O)c1ccc(-c2ccccc2OC(F)(F)F)c(Cl)n1. The maximum Gasteiger partial charge on any atom is 0.573 e. The standard InChI is InChI=1S/C14H9ClF3NO3/c1-21-13(20)10-7-6-9(12(15)19-10)8-4-2-3-5-11(8)22-14(16,17)18/h2-7H,1H3. The number of carbonyl (C=O) groups excluding carboxylic acids is 1. The van der Waals surface area contributed by atoms with Crippen molar-refractivity contribution in [3.8, 4) is 16.9 Å². The van der Waals surface area contributed by atoms with Crippen LogP contribution in [0.1, 0.15) is 10.5 Å². The molecule has 4 nitrogen and oxygen atoms in total. The zero-order chi connectivity index (χ0) is 16.3. The lowest BCUT2D eigenvalue weighted by atomic mass is 10.1. The molecular formula is C14H9ClF3NO3. The van der Waals surface area contributed by atoms with Crippen LogP contribution in [0, 0.1) is 0 Å². The average Bonchev–Trinajstić information content (AvgIpc) is 2.45. The van der Waals surface area contributed by atoms with E-state index < -0.39 is 18.1 Å². The second-order valence-corrected chi connectivity index (χ2v) is 4.43.